The standard InChI is InChI=1S/C66H40N6/c67-41-51-63(69-54-33-12-4-23-43(54)44-24-5-13-34-55(44)69)62(53-32-20-31-52(68-53)42-21-2-1-3-22-42)65(71-58-37-16-8-27-47(58)48-28-9-17-38-59(48)71)66(72-60-39-18-10-29-49(60)50-30-11-19-40-61(50)72)64(51)70-56-35-14-6-25-45(56)46-26-7-15-36-57(46)70/h1-40H. The third kappa shape index (κ3) is 5.56. The van der Waals surface area contributed by atoms with E-state index in [9.17, 15) is 5.26 Å². The Hall–Kier alpha value is -9.96. The Labute approximate surface area is 413 Å². The van der Waals surface area contributed by atoms with Gasteiger partial charge in [0.15, 0.2) is 0 Å². The van der Waals surface area contributed by atoms with E-state index in [1.807, 2.05) is 6.07 Å². The van der Waals surface area contributed by atoms with Gasteiger partial charge in [0, 0.05) is 48.7 Å². The molecule has 0 saturated carbocycles. The van der Waals surface area contributed by atoms with Crippen LogP contribution in [0.2, 0.25) is 0 Å². The molecular weight excluding hydrogens is 877 g/mol. The lowest BCUT2D eigenvalue weighted by Crippen LogP contribution is -2.16. The first-order valence-electron chi connectivity index (χ1n) is 24.4. The van der Waals surface area contributed by atoms with Gasteiger partial charge in [-0.3, -0.25) is 0 Å². The molecule has 72 heavy (non-hydrogen) atoms. The lowest BCUT2D eigenvalue weighted by molar-refractivity contribution is 1.03. The van der Waals surface area contributed by atoms with Gasteiger partial charge in [0.2, 0.25) is 0 Å². The van der Waals surface area contributed by atoms with E-state index in [1.54, 1.807) is 0 Å². The number of hydrogen-bond acceptors (Lipinski definition) is 2. The average Bonchev–Trinajstić information content (AvgIpc) is 4.18. The molecule has 0 amide bonds. The fourth-order valence-electron chi connectivity index (χ4n) is 11.9. The number of para-hydroxylation sites is 8. The zero-order valence-electron chi connectivity index (χ0n) is 38.8. The zero-order valence-corrected chi connectivity index (χ0v) is 38.8. The predicted octanol–water partition coefficient (Wildman–Crippen LogP) is 16.7. The van der Waals surface area contributed by atoms with Crippen LogP contribution >= 0.6 is 0 Å². The van der Waals surface area contributed by atoms with Gasteiger partial charge in [0.25, 0.3) is 0 Å². The van der Waals surface area contributed by atoms with Crippen LogP contribution in [0, 0.1) is 11.3 Å². The number of hydrogen-bond donors (Lipinski definition) is 0. The Morgan fingerprint density at radius 1 is 0.264 bits per heavy atom. The number of benzene rings is 10. The number of rotatable bonds is 6. The molecule has 10 aromatic carbocycles. The summed E-state index contributed by atoms with van der Waals surface area (Å²) in [6, 6.07) is 89.0. The van der Waals surface area contributed by atoms with Gasteiger partial charge in [-0.2, -0.15) is 5.26 Å². The maximum atomic E-state index is 12.7. The molecule has 334 valence electrons. The molecule has 0 N–H and O–H groups in total. The Balaban J connectivity index is 1.31. The van der Waals surface area contributed by atoms with Crippen molar-refractivity contribution in [2.45, 2.75) is 0 Å². The van der Waals surface area contributed by atoms with Gasteiger partial charge in [0.1, 0.15) is 11.6 Å². The minimum atomic E-state index is 0.510. The Morgan fingerprint density at radius 2 is 0.556 bits per heavy atom. The van der Waals surface area contributed by atoms with E-state index < -0.39 is 0 Å². The van der Waals surface area contributed by atoms with E-state index in [2.05, 4.69) is 261 Å². The Kier molecular flexibility index (Phi) is 8.62. The number of fused-ring (bicyclic) bond motifs is 12. The topological polar surface area (TPSA) is 56.4 Å². The maximum absolute atomic E-state index is 12.7. The Morgan fingerprint density at radius 3 is 0.917 bits per heavy atom. The summed E-state index contributed by atoms with van der Waals surface area (Å²) in [5, 5.41) is 21.6. The molecule has 0 spiro atoms. The second-order valence-corrected chi connectivity index (χ2v) is 18.5. The second-order valence-electron chi connectivity index (χ2n) is 18.5. The normalized spacial score (nSPS) is 11.9. The minimum absolute atomic E-state index is 0.510. The Bertz CT molecular complexity index is 4550. The van der Waals surface area contributed by atoms with Crippen molar-refractivity contribution >= 4 is 87.2 Å². The zero-order chi connectivity index (χ0) is 47.4. The van der Waals surface area contributed by atoms with E-state index in [0.717, 1.165) is 132 Å². The summed E-state index contributed by atoms with van der Waals surface area (Å²) in [4.78, 5) is 5.74. The first-order valence-corrected chi connectivity index (χ1v) is 24.4. The van der Waals surface area contributed by atoms with Gasteiger partial charge < -0.3 is 18.3 Å². The first-order chi connectivity index (χ1) is 35.8. The van der Waals surface area contributed by atoms with Crippen molar-refractivity contribution in [3.05, 3.63) is 248 Å². The van der Waals surface area contributed by atoms with Crippen molar-refractivity contribution in [2.24, 2.45) is 0 Å². The van der Waals surface area contributed by atoms with Crippen molar-refractivity contribution in [1.82, 2.24) is 23.3 Å². The summed E-state index contributed by atoms with van der Waals surface area (Å²) in [5.74, 6) is 0. The molecule has 5 aromatic heterocycles. The van der Waals surface area contributed by atoms with Gasteiger partial charge >= 0.3 is 0 Å². The fraction of sp³-hybridized carbons (Fsp3) is 0. The van der Waals surface area contributed by atoms with Crippen LogP contribution in [-0.2, 0) is 0 Å². The van der Waals surface area contributed by atoms with Crippen LogP contribution in [-0.4, -0.2) is 23.3 Å². The van der Waals surface area contributed by atoms with E-state index in [0.29, 0.717) is 5.56 Å². The molecule has 0 aliphatic heterocycles. The first kappa shape index (κ1) is 40.0. The third-order valence-electron chi connectivity index (χ3n) is 14.8. The monoisotopic (exact) mass is 916 g/mol. The second kappa shape index (κ2) is 15.5. The van der Waals surface area contributed by atoms with Crippen LogP contribution in [0.25, 0.3) is 132 Å². The van der Waals surface area contributed by atoms with Gasteiger partial charge in [-0.25, -0.2) is 4.98 Å². The summed E-state index contributed by atoms with van der Waals surface area (Å²) in [6.45, 7) is 0. The molecule has 6 nitrogen and oxygen atoms in total. The van der Waals surface area contributed by atoms with Crippen molar-refractivity contribution in [2.75, 3.05) is 0 Å². The minimum Gasteiger partial charge on any atom is -0.307 e. The molecule has 0 atom stereocenters. The molecule has 15 rings (SSSR count). The summed E-state index contributed by atoms with van der Waals surface area (Å²) in [5.41, 5.74) is 15.2. The van der Waals surface area contributed by atoms with Gasteiger partial charge in [-0.05, 0) is 60.7 Å². The van der Waals surface area contributed by atoms with Crippen molar-refractivity contribution in [3.8, 4) is 51.3 Å². The molecular formula is C66H40N6. The number of pyridine rings is 1. The van der Waals surface area contributed by atoms with E-state index in [4.69, 9.17) is 4.98 Å². The highest BCUT2D eigenvalue weighted by atomic mass is 15.1. The van der Waals surface area contributed by atoms with E-state index in [-0.39, 0.29) is 0 Å². The largest absolute Gasteiger partial charge is 0.307 e. The lowest BCUT2D eigenvalue weighted by Gasteiger charge is -2.29. The molecule has 0 saturated heterocycles. The molecule has 0 aliphatic rings. The highest BCUT2D eigenvalue weighted by molar-refractivity contribution is 6.17. The average molecular weight is 917 g/mol. The van der Waals surface area contributed by atoms with E-state index >= 15 is 0 Å². The van der Waals surface area contributed by atoms with Gasteiger partial charge in [-0.15, -0.1) is 0 Å². The third-order valence-corrected chi connectivity index (χ3v) is 14.8. The van der Waals surface area contributed by atoms with Gasteiger partial charge in [-0.1, -0.05) is 182 Å². The molecule has 0 bridgehead atoms. The van der Waals surface area contributed by atoms with Crippen molar-refractivity contribution in [3.63, 3.8) is 0 Å². The smallest absolute Gasteiger partial charge is 0.104 e. The number of nitriles is 1. The van der Waals surface area contributed by atoms with Gasteiger partial charge in [0.05, 0.1) is 83.8 Å². The molecule has 0 aliphatic carbocycles. The molecule has 6 heteroatoms. The lowest BCUT2D eigenvalue weighted by atomic mass is 9.95. The predicted molar refractivity (Wildman–Crippen MR) is 297 cm³/mol. The maximum Gasteiger partial charge on any atom is 0.104 e. The highest BCUT2D eigenvalue weighted by Crippen LogP contribution is 2.51. The molecule has 15 aromatic rings. The summed E-state index contributed by atoms with van der Waals surface area (Å²) < 4.78 is 9.61. The van der Waals surface area contributed by atoms with Crippen LogP contribution in [0.1, 0.15) is 5.56 Å². The van der Waals surface area contributed by atoms with Crippen LogP contribution in [0.15, 0.2) is 243 Å². The summed E-state index contributed by atoms with van der Waals surface area (Å²) >= 11 is 0. The highest BCUT2D eigenvalue weighted by Gasteiger charge is 2.35. The van der Waals surface area contributed by atoms with Crippen LogP contribution in [0.3, 0.4) is 0 Å². The molecule has 0 radical (unpaired) electrons. The van der Waals surface area contributed by atoms with Crippen LogP contribution in [0.5, 0.6) is 0 Å². The quantitative estimate of drug-likeness (QED) is 0.167. The fourth-order valence-corrected chi connectivity index (χ4v) is 11.9. The van der Waals surface area contributed by atoms with Crippen molar-refractivity contribution in [1.29, 1.82) is 5.26 Å². The SMILES string of the molecule is N#Cc1c(-n2c3ccccc3c3ccccc32)c(-c2cccc(-c3ccccc3)n2)c(-n2c3ccccc3c3ccccc32)c(-n2c3ccccc3c3ccccc32)c1-n1c2ccccc2c2ccccc21. The summed E-state index contributed by atoms with van der Waals surface area (Å²) in [7, 11) is 0. The molecule has 0 unspecified atom stereocenters. The van der Waals surface area contributed by atoms with Crippen molar-refractivity contribution < 1.29 is 0 Å². The van der Waals surface area contributed by atoms with Crippen LogP contribution in [0.4, 0.5) is 0 Å². The number of nitrogens with zero attached hydrogens (tertiary/aromatic N) is 6. The van der Waals surface area contributed by atoms with E-state index in [1.165, 1.54) is 0 Å². The molecule has 0 fully saturated rings. The summed E-state index contributed by atoms with van der Waals surface area (Å²) in [6.07, 6.45) is 0. The molecule has 5 heterocycles. The number of aromatic nitrogens is 5. The van der Waals surface area contributed by atoms with Crippen LogP contribution < -0.4 is 0 Å².